The summed E-state index contributed by atoms with van der Waals surface area (Å²) in [4.78, 5) is 24.8. The normalized spacial score (nSPS) is 18.9. The van der Waals surface area contributed by atoms with E-state index in [9.17, 15) is 18.0 Å². The fourth-order valence-corrected chi connectivity index (χ4v) is 3.64. The number of anilines is 1. The van der Waals surface area contributed by atoms with Gasteiger partial charge in [-0.05, 0) is 40.8 Å². The van der Waals surface area contributed by atoms with Crippen LogP contribution in [0.1, 0.15) is 16.8 Å². The number of hydrogen-bond acceptors (Lipinski definition) is 5. The van der Waals surface area contributed by atoms with Crippen LogP contribution in [0.3, 0.4) is 0 Å². The van der Waals surface area contributed by atoms with Gasteiger partial charge >= 0.3 is 5.97 Å². The Hall–Kier alpha value is -1.20. The molecule has 2 N–H and O–H groups in total. The molecule has 1 heterocycles. The van der Waals surface area contributed by atoms with Gasteiger partial charge in [0.15, 0.2) is 0 Å². The molecule has 21 heavy (non-hydrogen) atoms. The van der Waals surface area contributed by atoms with Gasteiger partial charge in [0, 0.05) is 16.5 Å². The smallest absolute Gasteiger partial charge is 0.337 e. The summed E-state index contributed by atoms with van der Waals surface area (Å²) in [5.74, 6) is -0.785. The molecule has 1 aliphatic rings. The first-order chi connectivity index (χ1) is 9.74. The van der Waals surface area contributed by atoms with Crippen LogP contribution in [0.25, 0.3) is 0 Å². The van der Waals surface area contributed by atoms with E-state index < -0.39 is 21.2 Å². The van der Waals surface area contributed by atoms with Gasteiger partial charge in [-0.3, -0.25) is 4.79 Å². The van der Waals surface area contributed by atoms with Crippen molar-refractivity contribution in [1.29, 1.82) is 0 Å². The number of sulfonamides is 1. The van der Waals surface area contributed by atoms with Crippen LogP contribution >= 0.6 is 22.6 Å². The minimum absolute atomic E-state index is 0.0191. The summed E-state index contributed by atoms with van der Waals surface area (Å²) in [5, 5.41) is 4.19. The van der Waals surface area contributed by atoms with Crippen molar-refractivity contribution in [2.24, 2.45) is 5.14 Å². The minimum Gasteiger partial charge on any atom is -0.465 e. The zero-order valence-electron chi connectivity index (χ0n) is 11.1. The van der Waals surface area contributed by atoms with Crippen LogP contribution < -0.4 is 10.0 Å². The van der Waals surface area contributed by atoms with Crippen LogP contribution in [-0.4, -0.2) is 39.2 Å². The van der Waals surface area contributed by atoms with E-state index in [0.29, 0.717) is 14.8 Å². The number of esters is 1. The molecule has 0 aliphatic carbocycles. The lowest BCUT2D eigenvalue weighted by molar-refractivity contribution is -0.117. The molecule has 1 fully saturated rings. The summed E-state index contributed by atoms with van der Waals surface area (Å²) in [6, 6.07) is 4.71. The molecule has 0 bridgehead atoms. The van der Waals surface area contributed by atoms with Crippen LogP contribution in [0.15, 0.2) is 18.2 Å². The molecule has 7 nitrogen and oxygen atoms in total. The molecule has 114 valence electrons. The molecule has 1 aliphatic heterocycles. The SMILES string of the molecule is COC(=O)c1ccc(N2CC(S(N)(=O)=O)CC2=O)c(I)c1. The Bertz CT molecular complexity index is 704. The summed E-state index contributed by atoms with van der Waals surface area (Å²) in [7, 11) is -2.47. The van der Waals surface area contributed by atoms with E-state index >= 15 is 0 Å². The molecule has 1 aromatic rings. The lowest BCUT2D eigenvalue weighted by Crippen LogP contribution is -2.32. The van der Waals surface area contributed by atoms with Crippen molar-refractivity contribution in [3.8, 4) is 0 Å². The highest BCUT2D eigenvalue weighted by Gasteiger charge is 2.37. The quantitative estimate of drug-likeness (QED) is 0.561. The predicted molar refractivity (Wildman–Crippen MR) is 84.4 cm³/mol. The average Bonchev–Trinajstić information content (AvgIpc) is 2.79. The Labute approximate surface area is 135 Å². The molecule has 1 saturated heterocycles. The number of carbonyl (C=O) groups is 2. The number of amides is 1. The molecule has 0 saturated carbocycles. The molecule has 1 unspecified atom stereocenters. The van der Waals surface area contributed by atoms with E-state index in [2.05, 4.69) is 4.74 Å². The molecule has 0 aromatic heterocycles. The second kappa shape index (κ2) is 5.89. The van der Waals surface area contributed by atoms with E-state index in [1.807, 2.05) is 22.6 Å². The molecule has 9 heteroatoms. The number of rotatable bonds is 3. The summed E-state index contributed by atoms with van der Waals surface area (Å²) >= 11 is 1.98. The second-order valence-corrected chi connectivity index (χ2v) is 7.58. The first-order valence-electron chi connectivity index (χ1n) is 5.94. The number of nitrogens with two attached hydrogens (primary N) is 1. The minimum atomic E-state index is -3.75. The van der Waals surface area contributed by atoms with Crippen LogP contribution in [0.5, 0.6) is 0 Å². The van der Waals surface area contributed by atoms with Crippen molar-refractivity contribution < 1.29 is 22.7 Å². The van der Waals surface area contributed by atoms with Gasteiger partial charge in [0.05, 0.1) is 18.4 Å². The second-order valence-electron chi connectivity index (χ2n) is 4.58. The number of benzene rings is 1. The highest BCUT2D eigenvalue weighted by atomic mass is 127. The number of methoxy groups -OCH3 is 1. The van der Waals surface area contributed by atoms with Crippen molar-refractivity contribution >= 4 is 50.2 Å². The summed E-state index contributed by atoms with van der Waals surface area (Å²) < 4.78 is 28.0. The van der Waals surface area contributed by atoms with Gasteiger partial charge < -0.3 is 9.64 Å². The zero-order valence-corrected chi connectivity index (χ0v) is 14.0. The fraction of sp³-hybridized carbons (Fsp3) is 0.333. The van der Waals surface area contributed by atoms with Crippen LogP contribution in [0, 0.1) is 3.57 Å². The van der Waals surface area contributed by atoms with Gasteiger partial charge in [0.25, 0.3) is 0 Å². The van der Waals surface area contributed by atoms with Crippen molar-refractivity contribution in [2.45, 2.75) is 11.7 Å². The number of primary sulfonamides is 1. The summed E-state index contributed by atoms with van der Waals surface area (Å²) in [5.41, 5.74) is 0.916. The van der Waals surface area contributed by atoms with Crippen molar-refractivity contribution in [1.82, 2.24) is 0 Å². The van der Waals surface area contributed by atoms with Crippen molar-refractivity contribution in [3.63, 3.8) is 0 Å². The third-order valence-corrected chi connectivity index (χ3v) is 5.32. The topological polar surface area (TPSA) is 107 Å². The molecule has 1 aromatic carbocycles. The Morgan fingerprint density at radius 2 is 2.14 bits per heavy atom. The van der Waals surface area contributed by atoms with E-state index in [1.54, 1.807) is 12.1 Å². The molecule has 0 radical (unpaired) electrons. The number of hydrogen-bond donors (Lipinski definition) is 1. The first kappa shape index (κ1) is 16.2. The van der Waals surface area contributed by atoms with E-state index in [-0.39, 0.29) is 18.9 Å². The van der Waals surface area contributed by atoms with Crippen LogP contribution in [0.2, 0.25) is 0 Å². The number of halogens is 1. The Morgan fingerprint density at radius 3 is 2.62 bits per heavy atom. The monoisotopic (exact) mass is 424 g/mol. The third-order valence-electron chi connectivity index (χ3n) is 3.21. The standard InChI is InChI=1S/C12H13IN2O5S/c1-20-12(17)7-2-3-10(9(13)4-7)15-6-8(5-11(15)16)21(14,18)19/h2-4,8H,5-6H2,1H3,(H2,14,18,19). The molecule has 1 amide bonds. The summed E-state index contributed by atoms with van der Waals surface area (Å²) in [6.07, 6.45) is -0.131. The van der Waals surface area contributed by atoms with Crippen molar-refractivity contribution in [2.75, 3.05) is 18.6 Å². The molecule has 0 spiro atoms. The lowest BCUT2D eigenvalue weighted by Gasteiger charge is -2.18. The lowest BCUT2D eigenvalue weighted by atomic mass is 10.2. The van der Waals surface area contributed by atoms with Crippen molar-refractivity contribution in [3.05, 3.63) is 27.3 Å². The molecule has 1 atom stereocenters. The Kier molecular flexibility index (Phi) is 4.54. The van der Waals surface area contributed by atoms with Gasteiger partial charge in [0.1, 0.15) is 5.25 Å². The average molecular weight is 424 g/mol. The van der Waals surface area contributed by atoms with Crippen LogP contribution in [0.4, 0.5) is 5.69 Å². The first-order valence-corrected chi connectivity index (χ1v) is 8.62. The van der Waals surface area contributed by atoms with Gasteiger partial charge in [-0.2, -0.15) is 0 Å². The maximum atomic E-state index is 12.0. The number of ether oxygens (including phenoxy) is 1. The third kappa shape index (κ3) is 3.35. The highest BCUT2D eigenvalue weighted by Crippen LogP contribution is 2.29. The van der Waals surface area contributed by atoms with Gasteiger partial charge in [-0.15, -0.1) is 0 Å². The van der Waals surface area contributed by atoms with E-state index in [0.717, 1.165) is 0 Å². The highest BCUT2D eigenvalue weighted by molar-refractivity contribution is 14.1. The summed E-state index contributed by atoms with van der Waals surface area (Å²) in [6.45, 7) is 0.0191. The Balaban J connectivity index is 2.31. The molecule has 2 rings (SSSR count). The maximum Gasteiger partial charge on any atom is 0.337 e. The fourth-order valence-electron chi connectivity index (χ4n) is 2.10. The van der Waals surface area contributed by atoms with E-state index in [4.69, 9.17) is 5.14 Å². The molecular weight excluding hydrogens is 411 g/mol. The van der Waals surface area contributed by atoms with Crippen LogP contribution in [-0.2, 0) is 19.6 Å². The molecular formula is C12H13IN2O5S. The largest absolute Gasteiger partial charge is 0.465 e. The van der Waals surface area contributed by atoms with Gasteiger partial charge in [0.2, 0.25) is 15.9 Å². The maximum absolute atomic E-state index is 12.0. The Morgan fingerprint density at radius 1 is 1.48 bits per heavy atom. The zero-order chi connectivity index (χ0) is 15.8. The van der Waals surface area contributed by atoms with Gasteiger partial charge in [-0.25, -0.2) is 18.4 Å². The number of carbonyl (C=O) groups excluding carboxylic acids is 2. The van der Waals surface area contributed by atoms with Gasteiger partial charge in [-0.1, -0.05) is 0 Å². The van der Waals surface area contributed by atoms with E-state index in [1.165, 1.54) is 18.1 Å². The predicted octanol–water partition coefficient (Wildman–Crippen LogP) is 0.472. The number of nitrogens with zero attached hydrogens (tertiary/aromatic N) is 1.